The predicted molar refractivity (Wildman–Crippen MR) is 81.2 cm³/mol. The molecule has 0 N–H and O–H groups in total. The lowest BCUT2D eigenvalue weighted by Gasteiger charge is -2.14. The van der Waals surface area contributed by atoms with Crippen molar-refractivity contribution in [3.8, 4) is 0 Å². The van der Waals surface area contributed by atoms with E-state index in [1.165, 1.54) is 32.1 Å². The van der Waals surface area contributed by atoms with Crippen molar-refractivity contribution in [2.45, 2.75) is 65.2 Å². The molecular weight excluding hydrogens is 256 g/mol. The van der Waals surface area contributed by atoms with Crippen LogP contribution in [0.4, 0.5) is 0 Å². The van der Waals surface area contributed by atoms with Gasteiger partial charge in [-0.15, -0.1) is 0 Å². The summed E-state index contributed by atoms with van der Waals surface area (Å²) in [5.41, 5.74) is 0. The molecule has 0 fully saturated rings. The number of rotatable bonds is 14. The molecule has 4 heteroatoms. The van der Waals surface area contributed by atoms with E-state index in [9.17, 15) is 0 Å². The van der Waals surface area contributed by atoms with Gasteiger partial charge in [0.25, 0.3) is 0 Å². The Kier molecular flexibility index (Phi) is 13.9. The molecule has 0 radical (unpaired) electrons. The summed E-state index contributed by atoms with van der Waals surface area (Å²) in [6, 6.07) is 0. The van der Waals surface area contributed by atoms with Crippen molar-refractivity contribution >= 4 is 0 Å². The number of hydrogen-bond donors (Lipinski definition) is 0. The van der Waals surface area contributed by atoms with Gasteiger partial charge in [0.15, 0.2) is 12.6 Å². The lowest BCUT2D eigenvalue weighted by molar-refractivity contribution is -0.0747. The second-order valence-electron chi connectivity index (χ2n) is 4.81. The van der Waals surface area contributed by atoms with Crippen molar-refractivity contribution in [3.05, 3.63) is 11.7 Å². The first-order chi connectivity index (χ1) is 9.79. The van der Waals surface area contributed by atoms with Crippen molar-refractivity contribution in [2.75, 3.05) is 27.6 Å². The maximum atomic E-state index is 5.49. The van der Waals surface area contributed by atoms with E-state index < -0.39 is 0 Å². The molecule has 0 aromatic heterocycles. The number of methoxy groups -OCH3 is 2. The average Bonchev–Trinajstić information content (AvgIpc) is 2.47. The van der Waals surface area contributed by atoms with Crippen LogP contribution in [0.2, 0.25) is 0 Å². The third kappa shape index (κ3) is 9.96. The fourth-order valence-corrected chi connectivity index (χ4v) is 1.86. The standard InChI is InChI=1S/C16H32O4/c1-5-7-9-11-13-19-14-20-16(18-4)15(17-3)12-10-8-6-2/h5-14H2,1-4H3/b16-15-. The number of allylic oxidation sites excluding steroid dienone is 1. The van der Waals surface area contributed by atoms with Gasteiger partial charge in [0.05, 0.1) is 20.8 Å². The monoisotopic (exact) mass is 288 g/mol. The second-order valence-corrected chi connectivity index (χ2v) is 4.81. The summed E-state index contributed by atoms with van der Waals surface area (Å²) >= 11 is 0. The van der Waals surface area contributed by atoms with Gasteiger partial charge in [-0.25, -0.2) is 0 Å². The van der Waals surface area contributed by atoms with Crippen molar-refractivity contribution in [2.24, 2.45) is 0 Å². The van der Waals surface area contributed by atoms with E-state index in [4.69, 9.17) is 18.9 Å². The van der Waals surface area contributed by atoms with Gasteiger partial charge in [0.1, 0.15) is 0 Å². The van der Waals surface area contributed by atoms with Crippen molar-refractivity contribution in [1.82, 2.24) is 0 Å². The third-order valence-corrected chi connectivity index (χ3v) is 3.08. The van der Waals surface area contributed by atoms with Gasteiger partial charge >= 0.3 is 5.95 Å². The van der Waals surface area contributed by atoms with E-state index in [1.54, 1.807) is 14.2 Å². The zero-order valence-electron chi connectivity index (χ0n) is 13.7. The Balaban J connectivity index is 3.90. The summed E-state index contributed by atoms with van der Waals surface area (Å²) in [6.45, 7) is 5.33. The quantitative estimate of drug-likeness (QED) is 0.266. The molecule has 0 saturated heterocycles. The van der Waals surface area contributed by atoms with Crippen LogP contribution in [0.5, 0.6) is 0 Å². The van der Waals surface area contributed by atoms with Gasteiger partial charge in [-0.3, -0.25) is 0 Å². The molecule has 120 valence electrons. The van der Waals surface area contributed by atoms with Crippen LogP contribution in [0.1, 0.15) is 65.2 Å². The molecule has 0 aromatic rings. The van der Waals surface area contributed by atoms with Crippen LogP contribution in [0.15, 0.2) is 11.7 Å². The summed E-state index contributed by atoms with van der Waals surface area (Å²) in [5, 5.41) is 0. The molecule has 0 atom stereocenters. The first-order valence-electron chi connectivity index (χ1n) is 7.81. The molecule has 0 aromatic carbocycles. The average molecular weight is 288 g/mol. The zero-order chi connectivity index (χ0) is 15.1. The van der Waals surface area contributed by atoms with Crippen LogP contribution in [0, 0.1) is 0 Å². The molecule has 20 heavy (non-hydrogen) atoms. The highest BCUT2D eigenvalue weighted by atomic mass is 16.7. The van der Waals surface area contributed by atoms with Crippen LogP contribution in [0.25, 0.3) is 0 Å². The third-order valence-electron chi connectivity index (χ3n) is 3.08. The minimum atomic E-state index is 0.218. The van der Waals surface area contributed by atoms with E-state index in [0.29, 0.717) is 5.95 Å². The van der Waals surface area contributed by atoms with E-state index in [1.807, 2.05) is 0 Å². The Bertz CT molecular complexity index is 239. The normalized spacial score (nSPS) is 12.0. The minimum absolute atomic E-state index is 0.218. The molecule has 0 heterocycles. The lowest BCUT2D eigenvalue weighted by atomic mass is 10.2. The Hall–Kier alpha value is -0.900. The fourth-order valence-electron chi connectivity index (χ4n) is 1.86. The Labute approximate surface area is 124 Å². The Morgan fingerprint density at radius 2 is 1.50 bits per heavy atom. The molecule has 0 amide bonds. The van der Waals surface area contributed by atoms with Gasteiger partial charge in [0, 0.05) is 6.42 Å². The summed E-state index contributed by atoms with van der Waals surface area (Å²) in [6.07, 6.45) is 9.07. The minimum Gasteiger partial charge on any atom is -0.494 e. The molecule has 0 aliphatic carbocycles. The van der Waals surface area contributed by atoms with E-state index in [0.717, 1.165) is 31.6 Å². The summed E-state index contributed by atoms with van der Waals surface area (Å²) in [4.78, 5) is 0. The van der Waals surface area contributed by atoms with E-state index >= 15 is 0 Å². The smallest absolute Gasteiger partial charge is 0.320 e. The van der Waals surface area contributed by atoms with Crippen LogP contribution < -0.4 is 0 Å². The SMILES string of the molecule is CCCCCCOCO/C(OC)=C(/CCCCC)OC. The maximum absolute atomic E-state index is 5.49. The highest BCUT2D eigenvalue weighted by molar-refractivity contribution is 4.94. The van der Waals surface area contributed by atoms with Gasteiger partial charge < -0.3 is 18.9 Å². The summed E-state index contributed by atoms with van der Waals surface area (Å²) in [5.74, 6) is 1.20. The fraction of sp³-hybridized carbons (Fsp3) is 0.875. The molecule has 0 spiro atoms. The first-order valence-corrected chi connectivity index (χ1v) is 7.81. The largest absolute Gasteiger partial charge is 0.494 e. The van der Waals surface area contributed by atoms with Gasteiger partial charge in [-0.05, 0) is 12.8 Å². The highest BCUT2D eigenvalue weighted by Crippen LogP contribution is 2.16. The second kappa shape index (κ2) is 14.5. The van der Waals surface area contributed by atoms with Crippen molar-refractivity contribution < 1.29 is 18.9 Å². The predicted octanol–water partition coefficient (Wildman–Crippen LogP) is 4.60. The highest BCUT2D eigenvalue weighted by Gasteiger charge is 2.09. The van der Waals surface area contributed by atoms with Crippen LogP contribution >= 0.6 is 0 Å². The molecule has 0 saturated carbocycles. The molecule has 0 bridgehead atoms. The van der Waals surface area contributed by atoms with Crippen molar-refractivity contribution in [3.63, 3.8) is 0 Å². The number of ether oxygens (including phenoxy) is 4. The lowest BCUT2D eigenvalue weighted by Crippen LogP contribution is -2.06. The molecule has 4 nitrogen and oxygen atoms in total. The van der Waals surface area contributed by atoms with Crippen LogP contribution in [-0.2, 0) is 18.9 Å². The van der Waals surface area contributed by atoms with E-state index in [2.05, 4.69) is 13.8 Å². The summed E-state index contributed by atoms with van der Waals surface area (Å²) < 4.78 is 21.5. The molecular formula is C16H32O4. The van der Waals surface area contributed by atoms with Gasteiger partial charge in [-0.1, -0.05) is 46.0 Å². The van der Waals surface area contributed by atoms with Gasteiger partial charge in [-0.2, -0.15) is 0 Å². The molecule has 0 aliphatic rings. The topological polar surface area (TPSA) is 36.9 Å². The van der Waals surface area contributed by atoms with Crippen LogP contribution in [0.3, 0.4) is 0 Å². The zero-order valence-corrected chi connectivity index (χ0v) is 13.7. The first kappa shape index (κ1) is 19.1. The maximum Gasteiger partial charge on any atom is 0.320 e. The Morgan fingerprint density at radius 1 is 0.800 bits per heavy atom. The summed E-state index contributed by atoms with van der Waals surface area (Å²) in [7, 11) is 3.24. The molecule has 0 aliphatic heterocycles. The molecule has 0 rings (SSSR count). The number of hydrogen-bond acceptors (Lipinski definition) is 4. The Morgan fingerprint density at radius 3 is 2.10 bits per heavy atom. The van der Waals surface area contributed by atoms with Crippen molar-refractivity contribution in [1.29, 1.82) is 0 Å². The van der Waals surface area contributed by atoms with Gasteiger partial charge in [0.2, 0.25) is 0 Å². The molecule has 0 unspecified atom stereocenters. The van der Waals surface area contributed by atoms with E-state index in [-0.39, 0.29) is 6.79 Å². The number of unbranched alkanes of at least 4 members (excludes halogenated alkanes) is 5. The van der Waals surface area contributed by atoms with Crippen LogP contribution in [-0.4, -0.2) is 27.6 Å².